The summed E-state index contributed by atoms with van der Waals surface area (Å²) in [6.07, 6.45) is -0.915. The Hall–Kier alpha value is -3.37. The fraction of sp³-hybridized carbons (Fsp3) is 0.321. The van der Waals surface area contributed by atoms with Crippen molar-refractivity contribution in [1.82, 2.24) is 10.0 Å². The summed E-state index contributed by atoms with van der Waals surface area (Å²) in [7, 11) is 0.322. The Morgan fingerprint density at radius 1 is 1.05 bits per heavy atom. The number of urea groups is 1. The lowest BCUT2D eigenvalue weighted by molar-refractivity contribution is -0.137. The second-order valence-corrected chi connectivity index (χ2v) is 11.2. The van der Waals surface area contributed by atoms with Crippen molar-refractivity contribution in [3.8, 4) is 16.9 Å². The molecule has 3 aromatic rings. The van der Waals surface area contributed by atoms with Crippen LogP contribution in [0.2, 0.25) is 0 Å². The molecule has 0 radical (unpaired) electrons. The summed E-state index contributed by atoms with van der Waals surface area (Å²) < 4.78 is 55.8. The quantitative estimate of drug-likeness (QED) is 0.377. The molecule has 3 N–H and O–H groups in total. The Bertz CT molecular complexity index is 1390. The van der Waals surface area contributed by atoms with Crippen LogP contribution < -0.4 is 14.9 Å². The first kappa shape index (κ1) is 26.2. The number of benzene rings is 3. The maximum atomic E-state index is 13.8. The largest absolute Gasteiger partial charge is 0.508 e. The van der Waals surface area contributed by atoms with Crippen molar-refractivity contribution < 1.29 is 27.3 Å². The van der Waals surface area contributed by atoms with Gasteiger partial charge >= 0.3 is 12.2 Å². The number of alkyl halides is 3. The summed E-state index contributed by atoms with van der Waals surface area (Å²) in [5, 5.41) is 12.6. The highest BCUT2D eigenvalue weighted by atomic mass is 32.2. The van der Waals surface area contributed by atoms with E-state index in [1.165, 1.54) is 12.1 Å². The van der Waals surface area contributed by atoms with Crippen LogP contribution in [0.4, 0.5) is 23.7 Å². The molecule has 1 spiro atoms. The Morgan fingerprint density at radius 2 is 1.76 bits per heavy atom. The highest BCUT2D eigenvalue weighted by Crippen LogP contribution is 2.52. The highest BCUT2D eigenvalue weighted by Gasteiger charge is 2.46. The van der Waals surface area contributed by atoms with Crippen molar-refractivity contribution in [1.29, 1.82) is 0 Å². The third-order valence-electron chi connectivity index (χ3n) is 7.51. The zero-order chi connectivity index (χ0) is 27.1. The molecule has 1 atom stereocenters. The lowest BCUT2D eigenvalue weighted by Crippen LogP contribution is -2.41. The van der Waals surface area contributed by atoms with Gasteiger partial charge in [0.2, 0.25) is 0 Å². The summed E-state index contributed by atoms with van der Waals surface area (Å²) >= 11 is 0. The molecule has 5 rings (SSSR count). The minimum Gasteiger partial charge on any atom is -0.508 e. The molecule has 1 aliphatic heterocycles. The van der Waals surface area contributed by atoms with Crippen molar-refractivity contribution in [2.24, 2.45) is 0 Å². The first-order valence-corrected chi connectivity index (χ1v) is 13.5. The number of fused-ring (bicyclic) bond motifs is 2. The molecule has 1 saturated carbocycles. The minimum absolute atomic E-state index is 0.00296. The first-order chi connectivity index (χ1) is 18.1. The van der Waals surface area contributed by atoms with Gasteiger partial charge in [-0.05, 0) is 78.5 Å². The van der Waals surface area contributed by atoms with Gasteiger partial charge in [0.25, 0.3) is 0 Å². The molecular formula is C28H28F3N3O3S. The monoisotopic (exact) mass is 543 g/mol. The van der Waals surface area contributed by atoms with E-state index in [2.05, 4.69) is 10.0 Å². The van der Waals surface area contributed by atoms with Crippen LogP contribution >= 0.6 is 0 Å². The molecule has 3 aromatic carbocycles. The molecule has 1 unspecified atom stereocenters. The predicted molar refractivity (Wildman–Crippen MR) is 140 cm³/mol. The van der Waals surface area contributed by atoms with E-state index in [-0.39, 0.29) is 23.6 Å². The SMILES string of the molecule is CNS(=O)c1ccc(CNC(=O)N2CC3(CCCC3)c3cc(-c4ccc(O)cc4C(F)(F)F)ccc32)cc1. The van der Waals surface area contributed by atoms with Crippen LogP contribution in [-0.2, 0) is 29.1 Å². The van der Waals surface area contributed by atoms with Crippen LogP contribution in [-0.4, -0.2) is 28.9 Å². The molecule has 1 aliphatic carbocycles. The molecule has 38 heavy (non-hydrogen) atoms. The Balaban J connectivity index is 1.42. The number of aromatic hydroxyl groups is 1. The van der Waals surface area contributed by atoms with E-state index in [4.69, 9.17) is 0 Å². The van der Waals surface area contributed by atoms with Gasteiger partial charge < -0.3 is 10.4 Å². The fourth-order valence-electron chi connectivity index (χ4n) is 5.64. The second kappa shape index (κ2) is 10.1. The van der Waals surface area contributed by atoms with E-state index in [0.29, 0.717) is 22.7 Å². The van der Waals surface area contributed by atoms with Crippen LogP contribution in [0.1, 0.15) is 42.4 Å². The summed E-state index contributed by atoms with van der Waals surface area (Å²) in [6, 6.07) is 15.2. The van der Waals surface area contributed by atoms with Crippen LogP contribution in [0.15, 0.2) is 65.6 Å². The Kier molecular flexibility index (Phi) is 6.96. The van der Waals surface area contributed by atoms with Crippen LogP contribution in [0.25, 0.3) is 11.1 Å². The molecule has 0 saturated heterocycles. The van der Waals surface area contributed by atoms with Gasteiger partial charge in [-0.1, -0.05) is 37.1 Å². The summed E-state index contributed by atoms with van der Waals surface area (Å²) in [4.78, 5) is 15.6. The highest BCUT2D eigenvalue weighted by molar-refractivity contribution is 7.83. The Labute approximate surface area is 221 Å². The molecule has 200 valence electrons. The van der Waals surface area contributed by atoms with Crippen molar-refractivity contribution in [3.05, 3.63) is 77.4 Å². The fourth-order valence-corrected chi connectivity index (χ4v) is 6.26. The third-order valence-corrected chi connectivity index (χ3v) is 8.58. The first-order valence-electron chi connectivity index (χ1n) is 12.4. The lowest BCUT2D eigenvalue weighted by Gasteiger charge is -2.25. The maximum Gasteiger partial charge on any atom is 0.417 e. The lowest BCUT2D eigenvalue weighted by atomic mass is 9.79. The number of carbonyl (C=O) groups is 1. The summed E-state index contributed by atoms with van der Waals surface area (Å²) in [5.41, 5.74) is 1.67. The number of phenols is 1. The summed E-state index contributed by atoms with van der Waals surface area (Å²) in [6.45, 7) is 0.754. The maximum absolute atomic E-state index is 13.8. The van der Waals surface area contributed by atoms with Crippen LogP contribution in [0.5, 0.6) is 5.75 Å². The number of carbonyl (C=O) groups excluding carboxylic acids is 1. The summed E-state index contributed by atoms with van der Waals surface area (Å²) in [5.74, 6) is -0.442. The number of hydrogen-bond acceptors (Lipinski definition) is 3. The number of rotatable bonds is 5. The van der Waals surface area contributed by atoms with E-state index in [1.54, 1.807) is 42.3 Å². The van der Waals surface area contributed by atoms with E-state index in [1.807, 2.05) is 12.1 Å². The van der Waals surface area contributed by atoms with Gasteiger partial charge in [-0.3, -0.25) is 4.90 Å². The van der Waals surface area contributed by atoms with Crippen molar-refractivity contribution in [3.63, 3.8) is 0 Å². The molecule has 0 aromatic heterocycles. The minimum atomic E-state index is -4.62. The van der Waals surface area contributed by atoms with E-state index in [0.717, 1.165) is 42.9 Å². The molecule has 10 heteroatoms. The molecular weight excluding hydrogens is 515 g/mol. The third kappa shape index (κ3) is 4.90. The number of amides is 2. The zero-order valence-corrected chi connectivity index (χ0v) is 21.6. The van der Waals surface area contributed by atoms with Crippen LogP contribution in [0.3, 0.4) is 0 Å². The zero-order valence-electron chi connectivity index (χ0n) is 20.8. The van der Waals surface area contributed by atoms with Gasteiger partial charge in [0.1, 0.15) is 16.7 Å². The number of nitrogens with zero attached hydrogens (tertiary/aromatic N) is 1. The van der Waals surface area contributed by atoms with E-state index < -0.39 is 28.5 Å². The van der Waals surface area contributed by atoms with Gasteiger partial charge in [-0.25, -0.2) is 13.7 Å². The van der Waals surface area contributed by atoms with Crippen LogP contribution in [0, 0.1) is 0 Å². The molecule has 6 nitrogen and oxygen atoms in total. The normalized spacial score (nSPS) is 17.0. The van der Waals surface area contributed by atoms with Gasteiger partial charge in [0.15, 0.2) is 0 Å². The Morgan fingerprint density at radius 3 is 2.42 bits per heavy atom. The van der Waals surface area contributed by atoms with Crippen molar-refractivity contribution in [2.75, 3.05) is 18.5 Å². The molecule has 0 bridgehead atoms. The van der Waals surface area contributed by atoms with Gasteiger partial charge in [-0.15, -0.1) is 0 Å². The number of phenolic OH excluding ortho intramolecular Hbond substituents is 1. The van der Waals surface area contributed by atoms with Gasteiger partial charge in [0, 0.05) is 24.2 Å². The average molecular weight is 544 g/mol. The second-order valence-electron chi connectivity index (χ2n) is 9.81. The number of halogens is 3. The molecule has 2 amide bonds. The smallest absolute Gasteiger partial charge is 0.417 e. The molecule has 2 aliphatic rings. The van der Waals surface area contributed by atoms with Gasteiger partial charge in [-0.2, -0.15) is 13.2 Å². The average Bonchev–Trinajstić information content (AvgIpc) is 3.51. The number of anilines is 1. The van der Waals surface area contributed by atoms with Gasteiger partial charge in [0.05, 0.1) is 10.5 Å². The predicted octanol–water partition coefficient (Wildman–Crippen LogP) is 5.86. The molecule has 1 fully saturated rings. The van der Waals surface area contributed by atoms with E-state index in [9.17, 15) is 27.3 Å². The van der Waals surface area contributed by atoms with Crippen molar-refractivity contribution in [2.45, 2.75) is 48.7 Å². The standard InChI is InChI=1S/C28H28F3N3O3S/c1-32-38(37)21-8-4-18(5-9-21)16-33-26(36)34-17-27(12-2-3-13-27)24-14-19(6-11-25(24)34)22-10-7-20(35)15-23(22)28(29,30)31/h4-11,14-15,32,35H,2-3,12-13,16-17H2,1H3,(H,33,36). The van der Waals surface area contributed by atoms with E-state index >= 15 is 0 Å². The molecule has 1 heterocycles. The topological polar surface area (TPSA) is 81.7 Å². The number of hydrogen-bond donors (Lipinski definition) is 3. The van der Waals surface area contributed by atoms with Crippen molar-refractivity contribution >= 4 is 22.7 Å². The number of nitrogens with one attached hydrogen (secondary N) is 2.